The topological polar surface area (TPSA) is 43.1 Å². The van der Waals surface area contributed by atoms with Crippen LogP contribution in [0.3, 0.4) is 0 Å². The summed E-state index contributed by atoms with van der Waals surface area (Å²) in [5.41, 5.74) is 0.112. The molecule has 0 radical (unpaired) electrons. The standard InChI is InChI=1S/C18H12BrNO2S2/c19-13-1-5-15(6-2-13)23-17-9-11-18(12-10-17)24-16-7-3-14(4-8-16)20(21)22/h1-12H. The molecule has 0 N–H and O–H groups in total. The van der Waals surface area contributed by atoms with Crippen LogP contribution in [0.4, 0.5) is 5.69 Å². The second-order valence-corrected chi connectivity index (χ2v) is 8.09. The molecule has 0 atom stereocenters. The molecule has 6 heteroatoms. The monoisotopic (exact) mass is 417 g/mol. The zero-order valence-corrected chi connectivity index (χ0v) is 15.6. The van der Waals surface area contributed by atoms with E-state index >= 15 is 0 Å². The summed E-state index contributed by atoms with van der Waals surface area (Å²) in [6.07, 6.45) is 0. The minimum absolute atomic E-state index is 0.112. The van der Waals surface area contributed by atoms with Gasteiger partial charge in [-0.3, -0.25) is 10.1 Å². The molecule has 24 heavy (non-hydrogen) atoms. The fourth-order valence-corrected chi connectivity index (χ4v) is 3.88. The van der Waals surface area contributed by atoms with Crippen LogP contribution in [0, 0.1) is 10.1 Å². The van der Waals surface area contributed by atoms with E-state index in [-0.39, 0.29) is 10.6 Å². The van der Waals surface area contributed by atoms with E-state index in [4.69, 9.17) is 0 Å². The first-order chi connectivity index (χ1) is 11.6. The van der Waals surface area contributed by atoms with Crippen molar-refractivity contribution in [1.29, 1.82) is 0 Å². The van der Waals surface area contributed by atoms with Crippen molar-refractivity contribution in [2.24, 2.45) is 0 Å². The molecule has 0 amide bonds. The maximum absolute atomic E-state index is 10.7. The largest absolute Gasteiger partial charge is 0.269 e. The molecule has 3 aromatic carbocycles. The highest BCUT2D eigenvalue weighted by molar-refractivity contribution is 9.10. The van der Waals surface area contributed by atoms with Gasteiger partial charge in [-0.1, -0.05) is 39.5 Å². The van der Waals surface area contributed by atoms with Gasteiger partial charge in [-0.25, -0.2) is 0 Å². The number of non-ortho nitro benzene ring substituents is 1. The Bertz CT molecular complexity index is 834. The molecule has 0 aromatic heterocycles. The minimum atomic E-state index is -0.386. The first-order valence-corrected chi connectivity index (χ1v) is 9.48. The number of nitro benzene ring substituents is 1. The molecule has 0 saturated heterocycles. The fraction of sp³-hybridized carbons (Fsp3) is 0. The number of nitro groups is 1. The molecule has 0 aliphatic carbocycles. The predicted molar refractivity (Wildman–Crippen MR) is 102 cm³/mol. The van der Waals surface area contributed by atoms with Crippen LogP contribution in [0.15, 0.2) is 96.9 Å². The maximum atomic E-state index is 10.7. The lowest BCUT2D eigenvalue weighted by Crippen LogP contribution is -1.86. The van der Waals surface area contributed by atoms with E-state index in [1.807, 2.05) is 12.1 Å². The van der Waals surface area contributed by atoms with Gasteiger partial charge in [0.25, 0.3) is 5.69 Å². The number of rotatable bonds is 5. The molecule has 3 aromatic rings. The van der Waals surface area contributed by atoms with Gasteiger partial charge in [-0.05, 0) is 60.7 Å². The predicted octanol–water partition coefficient (Wildman–Crippen LogP) is 6.66. The lowest BCUT2D eigenvalue weighted by molar-refractivity contribution is -0.384. The number of hydrogen-bond acceptors (Lipinski definition) is 4. The number of hydrogen-bond donors (Lipinski definition) is 0. The van der Waals surface area contributed by atoms with Crippen LogP contribution in [0.5, 0.6) is 0 Å². The molecule has 0 aliphatic rings. The van der Waals surface area contributed by atoms with Crippen molar-refractivity contribution in [3.05, 3.63) is 87.4 Å². The van der Waals surface area contributed by atoms with E-state index in [0.29, 0.717) is 0 Å². The maximum Gasteiger partial charge on any atom is 0.269 e. The summed E-state index contributed by atoms with van der Waals surface area (Å²) in [6, 6.07) is 23.1. The normalized spacial score (nSPS) is 10.5. The number of nitrogens with zero attached hydrogens (tertiary/aromatic N) is 1. The first-order valence-electron chi connectivity index (χ1n) is 7.06. The highest BCUT2D eigenvalue weighted by Gasteiger charge is 2.05. The van der Waals surface area contributed by atoms with Gasteiger partial charge >= 0.3 is 0 Å². The van der Waals surface area contributed by atoms with Crippen molar-refractivity contribution >= 4 is 45.1 Å². The van der Waals surface area contributed by atoms with E-state index in [9.17, 15) is 10.1 Å². The van der Waals surface area contributed by atoms with Crippen LogP contribution in [0.1, 0.15) is 0 Å². The van der Waals surface area contributed by atoms with E-state index in [2.05, 4.69) is 52.3 Å². The number of halogens is 1. The van der Waals surface area contributed by atoms with Crippen molar-refractivity contribution < 1.29 is 4.92 Å². The Morgan fingerprint density at radius 3 is 1.38 bits per heavy atom. The summed E-state index contributed by atoms with van der Waals surface area (Å²) in [5.74, 6) is 0. The Labute approximate surface area is 156 Å². The van der Waals surface area contributed by atoms with Gasteiger partial charge in [-0.15, -0.1) is 0 Å². The van der Waals surface area contributed by atoms with Crippen molar-refractivity contribution in [1.82, 2.24) is 0 Å². The average molecular weight is 418 g/mol. The quantitative estimate of drug-likeness (QED) is 0.343. The zero-order chi connectivity index (χ0) is 16.9. The Hall–Kier alpha value is -1.76. The lowest BCUT2D eigenvalue weighted by Gasteiger charge is -2.05. The van der Waals surface area contributed by atoms with Crippen molar-refractivity contribution in [3.63, 3.8) is 0 Å². The summed E-state index contributed by atoms with van der Waals surface area (Å²) in [5, 5.41) is 10.7. The Balaban J connectivity index is 1.65. The lowest BCUT2D eigenvalue weighted by atomic mass is 10.3. The molecule has 0 heterocycles. The molecule has 0 fully saturated rings. The van der Waals surface area contributed by atoms with Crippen LogP contribution in [0.2, 0.25) is 0 Å². The molecular weight excluding hydrogens is 406 g/mol. The first kappa shape index (κ1) is 17.1. The van der Waals surface area contributed by atoms with Gasteiger partial charge in [-0.2, -0.15) is 0 Å². The van der Waals surface area contributed by atoms with Gasteiger partial charge < -0.3 is 0 Å². The highest BCUT2D eigenvalue weighted by Crippen LogP contribution is 2.33. The van der Waals surface area contributed by atoms with E-state index in [1.165, 1.54) is 21.9 Å². The van der Waals surface area contributed by atoms with Crippen molar-refractivity contribution in [2.75, 3.05) is 0 Å². The summed E-state index contributed by atoms with van der Waals surface area (Å²) in [6.45, 7) is 0. The van der Waals surface area contributed by atoms with Crippen LogP contribution in [0.25, 0.3) is 0 Å². The summed E-state index contributed by atoms with van der Waals surface area (Å²) in [7, 11) is 0. The third-order valence-electron chi connectivity index (χ3n) is 3.16. The van der Waals surface area contributed by atoms with Crippen LogP contribution >= 0.6 is 39.5 Å². The second kappa shape index (κ2) is 7.88. The highest BCUT2D eigenvalue weighted by atomic mass is 79.9. The third kappa shape index (κ3) is 4.63. The van der Waals surface area contributed by atoms with E-state index in [1.54, 1.807) is 35.7 Å². The summed E-state index contributed by atoms with van der Waals surface area (Å²) in [4.78, 5) is 14.7. The third-order valence-corrected chi connectivity index (χ3v) is 5.72. The smallest absolute Gasteiger partial charge is 0.258 e. The molecular formula is C18H12BrNO2S2. The van der Waals surface area contributed by atoms with Gasteiger partial charge in [0.1, 0.15) is 0 Å². The molecule has 120 valence electrons. The van der Waals surface area contributed by atoms with Gasteiger partial charge in [0, 0.05) is 36.2 Å². The van der Waals surface area contributed by atoms with E-state index < -0.39 is 0 Å². The summed E-state index contributed by atoms with van der Waals surface area (Å²) >= 11 is 6.73. The van der Waals surface area contributed by atoms with Crippen LogP contribution in [-0.2, 0) is 0 Å². The van der Waals surface area contributed by atoms with Crippen LogP contribution in [-0.4, -0.2) is 4.92 Å². The van der Waals surface area contributed by atoms with Crippen LogP contribution < -0.4 is 0 Å². The Morgan fingerprint density at radius 2 is 1.00 bits per heavy atom. The molecule has 3 rings (SSSR count). The number of benzene rings is 3. The SMILES string of the molecule is O=[N+]([O-])c1ccc(Sc2ccc(Sc3ccc(Br)cc3)cc2)cc1. The molecule has 0 bridgehead atoms. The Kier molecular flexibility index (Phi) is 5.60. The minimum Gasteiger partial charge on any atom is -0.258 e. The molecule has 0 unspecified atom stereocenters. The van der Waals surface area contributed by atoms with Gasteiger partial charge in [0.05, 0.1) is 4.92 Å². The molecule has 0 spiro atoms. The molecule has 0 saturated carbocycles. The van der Waals surface area contributed by atoms with E-state index in [0.717, 1.165) is 14.3 Å². The fourth-order valence-electron chi connectivity index (χ4n) is 1.99. The van der Waals surface area contributed by atoms with Gasteiger partial charge in [0.15, 0.2) is 0 Å². The molecule has 0 aliphatic heterocycles. The second-order valence-electron chi connectivity index (χ2n) is 4.88. The van der Waals surface area contributed by atoms with Crippen molar-refractivity contribution in [3.8, 4) is 0 Å². The average Bonchev–Trinajstić information content (AvgIpc) is 2.59. The summed E-state index contributed by atoms with van der Waals surface area (Å²) < 4.78 is 1.07. The zero-order valence-electron chi connectivity index (χ0n) is 12.4. The van der Waals surface area contributed by atoms with Crippen molar-refractivity contribution in [2.45, 2.75) is 19.6 Å². The van der Waals surface area contributed by atoms with Gasteiger partial charge in [0.2, 0.25) is 0 Å². The Morgan fingerprint density at radius 1 is 0.667 bits per heavy atom. The molecule has 3 nitrogen and oxygen atoms in total.